The molecule has 0 N–H and O–H groups in total. The number of hydrogen-bond acceptors (Lipinski definition) is 2. The number of rotatable bonds is 11. The number of ether oxygens (including phenoxy) is 1. The van der Waals surface area contributed by atoms with Gasteiger partial charge in [0, 0.05) is 47.3 Å². The second-order valence-electron chi connectivity index (χ2n) is 24.2. The maximum Gasteiger partial charge on any atom is 0.503 e. The Hall–Kier alpha value is -9.03. The van der Waals surface area contributed by atoms with Crippen LogP contribution >= 0.6 is 0 Å². The average molecular weight is 1070 g/mol. The molecular formula is C74H66F2N4O+2. The number of halogens is 2. The summed E-state index contributed by atoms with van der Waals surface area (Å²) in [5.41, 5.74) is 16.8. The Balaban J connectivity index is 1.13. The molecule has 2 aromatic heterocycles. The van der Waals surface area contributed by atoms with E-state index in [0.29, 0.717) is 22.6 Å². The fourth-order valence-electron chi connectivity index (χ4n) is 11.3. The van der Waals surface area contributed by atoms with Crippen LogP contribution < -0.4 is 13.9 Å². The maximum atomic E-state index is 15.7. The molecule has 0 atom stereocenters. The van der Waals surface area contributed by atoms with Gasteiger partial charge in [0.05, 0.1) is 28.2 Å². The Morgan fingerprint density at radius 2 is 1.02 bits per heavy atom. The molecule has 0 radical (unpaired) electrons. The number of nitrogens with zero attached hydrogens (tertiary/aromatic N) is 4. The lowest BCUT2D eigenvalue weighted by Crippen LogP contribution is -2.13. The zero-order valence-electron chi connectivity index (χ0n) is 47.7. The minimum Gasteiger partial charge on any atom is -0.457 e. The molecule has 81 heavy (non-hydrogen) atoms. The van der Waals surface area contributed by atoms with Gasteiger partial charge in [-0.3, -0.25) is 4.57 Å². The molecular weight excluding hydrogens is 999 g/mol. The Kier molecular flexibility index (Phi) is 13.4. The Morgan fingerprint density at radius 1 is 0.457 bits per heavy atom. The molecule has 9 aromatic carbocycles. The van der Waals surface area contributed by atoms with E-state index in [0.717, 1.165) is 95.4 Å². The van der Waals surface area contributed by atoms with Crippen LogP contribution in [0.2, 0.25) is 0 Å². The van der Waals surface area contributed by atoms with Gasteiger partial charge in [-0.15, -0.1) is 0 Å². The van der Waals surface area contributed by atoms with Gasteiger partial charge in [0.25, 0.3) is 11.4 Å². The third kappa shape index (κ3) is 10.1. The predicted octanol–water partition coefficient (Wildman–Crippen LogP) is 20.6. The van der Waals surface area contributed by atoms with Crippen LogP contribution in [0.3, 0.4) is 0 Å². The second kappa shape index (κ2) is 20.6. The van der Waals surface area contributed by atoms with Crippen molar-refractivity contribution >= 4 is 50.6 Å². The molecule has 0 unspecified atom stereocenters. The van der Waals surface area contributed by atoms with E-state index in [1.165, 1.54) is 28.8 Å². The van der Waals surface area contributed by atoms with Gasteiger partial charge in [-0.25, -0.2) is 13.8 Å². The largest absolute Gasteiger partial charge is 0.503 e. The van der Waals surface area contributed by atoms with Crippen molar-refractivity contribution in [1.29, 1.82) is 0 Å². The van der Waals surface area contributed by atoms with Gasteiger partial charge < -0.3 is 4.74 Å². The first-order valence-electron chi connectivity index (χ1n) is 28.1. The molecule has 0 aliphatic carbocycles. The van der Waals surface area contributed by atoms with Crippen molar-refractivity contribution in [2.75, 3.05) is 0 Å². The highest BCUT2D eigenvalue weighted by Gasteiger charge is 2.41. The first kappa shape index (κ1) is 52.7. The summed E-state index contributed by atoms with van der Waals surface area (Å²) in [7, 11) is 0. The molecule has 1 aliphatic rings. The monoisotopic (exact) mass is 1060 g/mol. The van der Waals surface area contributed by atoms with E-state index < -0.39 is 11.6 Å². The third-order valence-electron chi connectivity index (χ3n) is 15.8. The van der Waals surface area contributed by atoms with Crippen molar-refractivity contribution < 1.29 is 13.5 Å². The summed E-state index contributed by atoms with van der Waals surface area (Å²) in [6.07, 6.45) is 1.90. The summed E-state index contributed by atoms with van der Waals surface area (Å²) < 4.78 is 44.9. The minimum atomic E-state index is -0.647. The normalized spacial score (nSPS) is 12.6. The zero-order chi connectivity index (χ0) is 56.5. The molecule has 0 amide bonds. The van der Waals surface area contributed by atoms with E-state index >= 15 is 8.78 Å². The lowest BCUT2D eigenvalue weighted by Gasteiger charge is -2.23. The quantitative estimate of drug-likeness (QED) is 0.121. The van der Waals surface area contributed by atoms with Crippen molar-refractivity contribution in [3.05, 3.63) is 240 Å². The van der Waals surface area contributed by atoms with Crippen molar-refractivity contribution in [1.82, 2.24) is 18.7 Å². The predicted molar refractivity (Wildman–Crippen MR) is 333 cm³/mol. The van der Waals surface area contributed by atoms with E-state index in [2.05, 4.69) is 247 Å². The molecule has 0 bridgehead atoms. The van der Waals surface area contributed by atoms with Crippen LogP contribution in [-0.2, 0) is 10.8 Å². The Bertz CT molecular complexity index is 4310. The van der Waals surface area contributed by atoms with Gasteiger partial charge in [-0.2, -0.15) is 0 Å². The molecule has 7 heteroatoms. The van der Waals surface area contributed by atoms with Crippen molar-refractivity contribution in [2.45, 2.75) is 91.9 Å². The standard InChI is InChI=1S/C74H66F2N4O/c1-46(2)49-32-50(47(3)4)34-51(33-49)65-39-55(74(8,9)10)40-66(52-35-56(75)42-57(76)36-52)72(65)79-45-78(68-26-18-19-27-69(68)79)58-37-53(62-23-15-14-22-61(62)48-20-12-11-13-21-48)38-60(43-58)81-59-28-29-64-63-24-16-17-25-67(63)80(70(64)44-59)71-41-54(30-31-77-71)73(5,6)7/h11-44,46-47H,1-10H3/q+2. The highest BCUT2D eigenvalue weighted by atomic mass is 19.1. The van der Waals surface area contributed by atoms with E-state index in [1.807, 2.05) is 30.5 Å². The molecule has 0 spiro atoms. The number of para-hydroxylation sites is 3. The molecule has 0 saturated carbocycles. The van der Waals surface area contributed by atoms with Crippen molar-refractivity contribution in [2.24, 2.45) is 0 Å². The molecule has 1 aliphatic heterocycles. The van der Waals surface area contributed by atoms with Crippen molar-refractivity contribution in [3.8, 4) is 61.8 Å². The van der Waals surface area contributed by atoms with Crippen LogP contribution in [0.5, 0.6) is 11.5 Å². The van der Waals surface area contributed by atoms with Crippen LogP contribution in [0.15, 0.2) is 206 Å². The van der Waals surface area contributed by atoms with Crippen LogP contribution in [-0.4, -0.2) is 15.6 Å². The second-order valence-corrected chi connectivity index (χ2v) is 24.2. The molecule has 0 fully saturated rings. The molecule has 5 nitrogen and oxygen atoms in total. The van der Waals surface area contributed by atoms with Gasteiger partial charge in [0.2, 0.25) is 11.4 Å². The summed E-state index contributed by atoms with van der Waals surface area (Å²) in [6.45, 7) is 22.1. The first-order chi connectivity index (χ1) is 38.9. The van der Waals surface area contributed by atoms with Gasteiger partial charge >= 0.3 is 6.01 Å². The lowest BCUT2D eigenvalue weighted by atomic mass is 9.81. The number of benzene rings is 9. The number of pyridine rings is 1. The zero-order valence-corrected chi connectivity index (χ0v) is 47.7. The number of aromatic nitrogens is 2. The summed E-state index contributed by atoms with van der Waals surface area (Å²) in [5.74, 6) is 1.33. The van der Waals surface area contributed by atoms with Gasteiger partial charge in [-0.1, -0.05) is 172 Å². The third-order valence-corrected chi connectivity index (χ3v) is 15.8. The summed E-state index contributed by atoms with van der Waals surface area (Å²) >= 11 is 0. The Morgan fingerprint density at radius 3 is 1.68 bits per heavy atom. The topological polar surface area (TPSA) is 33.1 Å². The van der Waals surface area contributed by atoms with Gasteiger partial charge in [0.15, 0.2) is 0 Å². The van der Waals surface area contributed by atoms with E-state index in [4.69, 9.17) is 9.72 Å². The lowest BCUT2D eigenvalue weighted by molar-refractivity contribution is 0.483. The van der Waals surface area contributed by atoms with Gasteiger partial charge in [0.1, 0.15) is 29.0 Å². The van der Waals surface area contributed by atoms with Gasteiger partial charge in [-0.05, 0) is 148 Å². The van der Waals surface area contributed by atoms with Crippen LogP contribution in [0.4, 0.5) is 31.5 Å². The SMILES string of the molecule is CC(C)c1cc(-c2cc(C(C)(C)C)cc(-c3cc(F)cc(F)c3)c2[N+]2=C=[N+](c3cc(Oc4ccc5c6ccccc6n(-c6cc(C(C)(C)C)ccn6)c5c4)cc(-c4ccccc4-c4ccccc4)c3)c3ccccc32)cc(C(C)C)c1. The molecule has 400 valence electrons. The van der Waals surface area contributed by atoms with E-state index in [-0.39, 0.29) is 22.7 Å². The summed E-state index contributed by atoms with van der Waals surface area (Å²) in [6, 6.07) is 71.6. The summed E-state index contributed by atoms with van der Waals surface area (Å²) in [5, 5.41) is 2.22. The first-order valence-corrected chi connectivity index (χ1v) is 28.1. The number of fused-ring (bicyclic) bond motifs is 4. The molecule has 3 heterocycles. The van der Waals surface area contributed by atoms with Crippen molar-refractivity contribution in [3.63, 3.8) is 0 Å². The highest BCUT2D eigenvalue weighted by Crippen LogP contribution is 2.49. The van der Waals surface area contributed by atoms with E-state index in [9.17, 15) is 0 Å². The molecule has 0 saturated heterocycles. The average Bonchev–Trinajstić information content (AvgIpc) is 4.15. The smallest absolute Gasteiger partial charge is 0.457 e. The minimum absolute atomic E-state index is 0.0759. The fraction of sp³-hybridized carbons (Fsp3) is 0.189. The van der Waals surface area contributed by atoms with Crippen LogP contribution in [0.25, 0.3) is 72.1 Å². The molecule has 11 aromatic rings. The Labute approximate surface area is 474 Å². The van der Waals surface area contributed by atoms with Crippen LogP contribution in [0, 0.1) is 11.6 Å². The fourth-order valence-corrected chi connectivity index (χ4v) is 11.3. The van der Waals surface area contributed by atoms with Crippen LogP contribution in [0.1, 0.15) is 103 Å². The molecule has 12 rings (SSSR count). The summed E-state index contributed by atoms with van der Waals surface area (Å²) in [4.78, 5) is 4.95. The number of hydrogen-bond donors (Lipinski definition) is 0. The van der Waals surface area contributed by atoms with E-state index in [1.54, 1.807) is 0 Å². The highest BCUT2D eigenvalue weighted by molar-refractivity contribution is 6.09. The maximum absolute atomic E-state index is 15.7.